The number of hydrogen-bond donors (Lipinski definition) is 4. The second-order valence-corrected chi connectivity index (χ2v) is 12.5. The van der Waals surface area contributed by atoms with Gasteiger partial charge in [0, 0.05) is 49.2 Å². The number of thiol groups is 4. The Balaban J connectivity index is 3.38. The molecule has 2 nitrogen and oxygen atoms in total. The first kappa shape index (κ1) is 37.2. The van der Waals surface area contributed by atoms with Crippen LogP contribution in [0.3, 0.4) is 0 Å². The Morgan fingerprint density at radius 1 is 0.361 bits per heavy atom. The zero-order valence-electron chi connectivity index (χ0n) is 22.9. The van der Waals surface area contributed by atoms with Gasteiger partial charge in [-0.3, -0.25) is 0 Å². The molecule has 0 aromatic heterocycles. The van der Waals surface area contributed by atoms with Gasteiger partial charge in [0.05, 0.1) is 9.98 Å². The quantitative estimate of drug-likeness (QED) is 0.0417. The van der Waals surface area contributed by atoms with Crippen molar-refractivity contribution in [2.24, 2.45) is 0 Å². The van der Waals surface area contributed by atoms with E-state index in [4.69, 9.17) is 24.4 Å². The van der Waals surface area contributed by atoms with Crippen molar-refractivity contribution in [2.45, 2.75) is 116 Å². The molecule has 0 aromatic rings. The van der Waals surface area contributed by atoms with Crippen LogP contribution in [0.1, 0.15) is 116 Å². The monoisotopic (exact) mass is 612 g/mol. The molecule has 0 amide bonds. The molecule has 214 valence electrons. The minimum atomic E-state index is 0.859. The van der Waals surface area contributed by atoms with Crippen LogP contribution in [-0.2, 0) is 0 Å². The lowest BCUT2D eigenvalue weighted by Crippen LogP contribution is -2.33. The van der Waals surface area contributed by atoms with Crippen molar-refractivity contribution in [1.82, 2.24) is 9.80 Å². The molecule has 0 aliphatic heterocycles. The Bertz CT molecular complexity index is 450. The van der Waals surface area contributed by atoms with E-state index < -0.39 is 0 Å². The smallest absolute Gasteiger partial charge is 0.0779 e. The highest BCUT2D eigenvalue weighted by Crippen LogP contribution is 2.15. The molecule has 0 spiro atoms. The van der Waals surface area contributed by atoms with E-state index in [9.17, 15) is 0 Å². The van der Waals surface area contributed by atoms with Gasteiger partial charge in [-0.15, -0.1) is 0 Å². The van der Waals surface area contributed by atoms with Gasteiger partial charge < -0.3 is 9.80 Å². The summed E-state index contributed by atoms with van der Waals surface area (Å²) in [7, 11) is 0. The summed E-state index contributed by atoms with van der Waals surface area (Å²) in [5.41, 5.74) is 0. The largest absolute Gasteiger partial charge is 0.365 e. The average molecular weight is 613 g/mol. The SMILES string of the molecule is S=C(CCCCCCCCCCCCCCCCCCC(=S)N(CCS)CCS)N(CCS)CCS. The van der Waals surface area contributed by atoms with Crippen LogP contribution in [0.15, 0.2) is 0 Å². The Labute approximate surface area is 257 Å². The van der Waals surface area contributed by atoms with E-state index in [2.05, 4.69) is 60.3 Å². The second kappa shape index (κ2) is 29.2. The molecule has 0 radical (unpaired) electrons. The number of thiocarbonyl (C=S) groups is 2. The number of unbranched alkanes of at least 4 members (excludes halogenated alkanes) is 15. The van der Waals surface area contributed by atoms with Crippen LogP contribution in [0.4, 0.5) is 0 Å². The van der Waals surface area contributed by atoms with Gasteiger partial charge in [-0.25, -0.2) is 0 Å². The third-order valence-electron chi connectivity index (χ3n) is 6.72. The Hall–Kier alpha value is 1.18. The van der Waals surface area contributed by atoms with E-state index in [1.165, 1.54) is 103 Å². The van der Waals surface area contributed by atoms with E-state index in [0.29, 0.717) is 0 Å². The summed E-state index contributed by atoms with van der Waals surface area (Å²) >= 11 is 28.6. The highest BCUT2D eigenvalue weighted by molar-refractivity contribution is 7.81. The number of nitrogens with zero attached hydrogens (tertiary/aromatic N) is 2. The minimum absolute atomic E-state index is 0.859. The molecule has 0 aliphatic carbocycles. The van der Waals surface area contributed by atoms with Crippen LogP contribution in [0.25, 0.3) is 0 Å². The maximum atomic E-state index is 5.60. The Morgan fingerprint density at radius 3 is 0.750 bits per heavy atom. The molecular weight excluding hydrogens is 557 g/mol. The molecule has 0 aromatic carbocycles. The van der Waals surface area contributed by atoms with Crippen molar-refractivity contribution >= 4 is 84.9 Å². The van der Waals surface area contributed by atoms with E-state index in [1.807, 2.05) is 0 Å². The first-order chi connectivity index (χ1) is 17.6. The summed E-state index contributed by atoms with van der Waals surface area (Å²) in [5.74, 6) is 3.44. The molecule has 0 atom stereocenters. The number of hydrogen-bond acceptors (Lipinski definition) is 6. The fourth-order valence-corrected chi connectivity index (χ4v) is 6.17. The predicted molar refractivity (Wildman–Crippen MR) is 187 cm³/mol. The van der Waals surface area contributed by atoms with Gasteiger partial charge in [0.15, 0.2) is 0 Å². The molecule has 0 rings (SSSR count). The molecular formula is C28H56N2S6. The van der Waals surface area contributed by atoms with Crippen molar-refractivity contribution < 1.29 is 0 Å². The molecule has 36 heavy (non-hydrogen) atoms. The average Bonchev–Trinajstić information content (AvgIpc) is 2.87. The van der Waals surface area contributed by atoms with Gasteiger partial charge in [-0.2, -0.15) is 50.5 Å². The van der Waals surface area contributed by atoms with Crippen molar-refractivity contribution in [2.75, 3.05) is 49.2 Å². The zero-order valence-corrected chi connectivity index (χ0v) is 28.1. The van der Waals surface area contributed by atoms with Crippen LogP contribution in [0, 0.1) is 0 Å². The Kier molecular flexibility index (Phi) is 30.1. The molecule has 8 heteroatoms. The van der Waals surface area contributed by atoms with E-state index in [-0.39, 0.29) is 0 Å². The van der Waals surface area contributed by atoms with Gasteiger partial charge in [0.1, 0.15) is 0 Å². The first-order valence-electron chi connectivity index (χ1n) is 14.6. The predicted octanol–water partition coefficient (Wildman–Crippen LogP) is 8.99. The van der Waals surface area contributed by atoms with Crippen LogP contribution in [0.5, 0.6) is 0 Å². The second-order valence-electron chi connectivity index (χ2n) is 9.81. The normalized spacial score (nSPS) is 11.1. The molecule has 0 saturated heterocycles. The lowest BCUT2D eigenvalue weighted by atomic mass is 10.0. The molecule has 0 saturated carbocycles. The van der Waals surface area contributed by atoms with Gasteiger partial charge in [0.25, 0.3) is 0 Å². The lowest BCUT2D eigenvalue weighted by molar-refractivity contribution is 0.467. The van der Waals surface area contributed by atoms with E-state index in [0.717, 1.165) is 72.0 Å². The standard InChI is InChI=1S/C28H56N2S6/c31-23-19-29(20-24-32)27(35)17-15-13-11-9-7-5-3-1-2-4-6-8-10-12-14-16-18-28(36)30(21-25-33)22-26-34/h31-34H,1-26H2. The summed E-state index contributed by atoms with van der Waals surface area (Å²) in [4.78, 5) is 6.77. The molecule has 0 heterocycles. The van der Waals surface area contributed by atoms with Crippen LogP contribution in [-0.4, -0.2) is 69.0 Å². The van der Waals surface area contributed by atoms with Crippen molar-refractivity contribution in [3.8, 4) is 0 Å². The van der Waals surface area contributed by atoms with Crippen molar-refractivity contribution in [1.29, 1.82) is 0 Å². The van der Waals surface area contributed by atoms with Gasteiger partial charge in [-0.05, 0) is 25.7 Å². The number of rotatable bonds is 27. The van der Waals surface area contributed by atoms with Gasteiger partial charge in [0.2, 0.25) is 0 Å². The third-order valence-corrected chi connectivity index (χ3v) is 8.44. The molecule has 0 N–H and O–H groups in total. The van der Waals surface area contributed by atoms with Crippen LogP contribution >= 0.6 is 75.0 Å². The summed E-state index contributed by atoms with van der Waals surface area (Å²) in [5, 5.41) is 0. The lowest BCUT2D eigenvalue weighted by Gasteiger charge is -2.23. The maximum absolute atomic E-state index is 5.60. The Morgan fingerprint density at radius 2 is 0.556 bits per heavy atom. The molecule has 0 fully saturated rings. The van der Waals surface area contributed by atoms with Gasteiger partial charge >= 0.3 is 0 Å². The third kappa shape index (κ3) is 23.1. The maximum Gasteiger partial charge on any atom is 0.0779 e. The first-order valence-corrected chi connectivity index (χ1v) is 17.9. The van der Waals surface area contributed by atoms with E-state index in [1.54, 1.807) is 0 Å². The topological polar surface area (TPSA) is 6.48 Å². The fourth-order valence-electron chi connectivity index (χ4n) is 4.55. The molecule has 0 aliphatic rings. The summed E-state index contributed by atoms with van der Waals surface area (Å²) < 4.78 is 0. The van der Waals surface area contributed by atoms with Crippen molar-refractivity contribution in [3.05, 3.63) is 0 Å². The highest BCUT2D eigenvalue weighted by atomic mass is 32.1. The molecule has 0 bridgehead atoms. The summed E-state index contributed by atoms with van der Waals surface area (Å²) in [6, 6.07) is 0. The minimum Gasteiger partial charge on any atom is -0.365 e. The summed E-state index contributed by atoms with van der Waals surface area (Å²) in [6.45, 7) is 3.80. The van der Waals surface area contributed by atoms with Gasteiger partial charge in [-0.1, -0.05) is 114 Å². The fraction of sp³-hybridized carbons (Fsp3) is 0.929. The molecule has 0 unspecified atom stereocenters. The van der Waals surface area contributed by atoms with Crippen LogP contribution < -0.4 is 0 Å². The van der Waals surface area contributed by atoms with Crippen molar-refractivity contribution in [3.63, 3.8) is 0 Å². The zero-order chi connectivity index (χ0) is 26.7. The van der Waals surface area contributed by atoms with E-state index >= 15 is 0 Å². The highest BCUT2D eigenvalue weighted by Gasteiger charge is 2.08. The summed E-state index contributed by atoms with van der Waals surface area (Å²) in [6.07, 6.45) is 24.0. The van der Waals surface area contributed by atoms with Crippen LogP contribution in [0.2, 0.25) is 0 Å².